The lowest BCUT2D eigenvalue weighted by atomic mass is 10.1. The van der Waals surface area contributed by atoms with Crippen LogP contribution in [0.4, 0.5) is 3.89 Å². The van der Waals surface area contributed by atoms with Gasteiger partial charge in [-0.05, 0) is 40.3 Å². The van der Waals surface area contributed by atoms with Crippen molar-refractivity contribution in [2.75, 3.05) is 6.54 Å². The molecule has 1 heterocycles. The van der Waals surface area contributed by atoms with Crippen LogP contribution >= 0.6 is 22.6 Å². The van der Waals surface area contributed by atoms with Crippen LogP contribution in [-0.2, 0) is 26.2 Å². The lowest BCUT2D eigenvalue weighted by molar-refractivity contribution is -0.148. The molecule has 2 atom stereocenters. The molecule has 6 nitrogen and oxygen atoms in total. The summed E-state index contributed by atoms with van der Waals surface area (Å²) in [6.45, 7) is -0.432. The third kappa shape index (κ3) is 3.94. The molecule has 1 saturated heterocycles. The van der Waals surface area contributed by atoms with Crippen LogP contribution in [0.3, 0.4) is 0 Å². The summed E-state index contributed by atoms with van der Waals surface area (Å²) in [6.07, 6.45) is -0.480. The van der Waals surface area contributed by atoms with Crippen LogP contribution in [0.15, 0.2) is 24.3 Å². The third-order valence-electron chi connectivity index (χ3n) is 3.52. The molecule has 1 aliphatic heterocycles. The number of hydrogen-bond acceptors (Lipinski definition) is 4. The number of hydrogen-bond donors (Lipinski definition) is 1. The average molecular weight is 441 g/mol. The Bertz CT molecular complexity index is 691. The molecule has 1 aromatic rings. The molecule has 1 aromatic carbocycles. The summed E-state index contributed by atoms with van der Waals surface area (Å²) < 4.78 is 35.8. The van der Waals surface area contributed by atoms with Crippen LogP contribution in [-0.4, -0.2) is 48.1 Å². The number of amides is 1. The normalized spacial score (nSPS) is 20.2. The van der Waals surface area contributed by atoms with E-state index < -0.39 is 46.4 Å². The van der Waals surface area contributed by atoms with Gasteiger partial charge >= 0.3 is 16.2 Å². The van der Waals surface area contributed by atoms with Crippen molar-refractivity contribution in [3.05, 3.63) is 33.4 Å². The summed E-state index contributed by atoms with van der Waals surface area (Å²) >= 11 is 2.11. The second kappa shape index (κ2) is 6.49. The minimum absolute atomic E-state index is 0.0387. The van der Waals surface area contributed by atoms with Gasteiger partial charge < -0.3 is 10.0 Å². The molecule has 1 N–H and O–H groups in total. The van der Waals surface area contributed by atoms with E-state index in [4.69, 9.17) is 0 Å². The van der Waals surface area contributed by atoms with Gasteiger partial charge in [-0.3, -0.25) is 4.79 Å². The molecule has 1 amide bonds. The second-order valence-corrected chi connectivity index (χ2v) is 7.90. The smallest absolute Gasteiger partial charge is 0.326 e. The molecular weight excluding hydrogens is 428 g/mol. The topological polar surface area (TPSA) is 91.8 Å². The first-order chi connectivity index (χ1) is 10.2. The number of benzene rings is 1. The van der Waals surface area contributed by atoms with Crippen LogP contribution < -0.4 is 0 Å². The van der Waals surface area contributed by atoms with Gasteiger partial charge in [0, 0.05) is 23.0 Å². The summed E-state index contributed by atoms with van der Waals surface area (Å²) in [4.78, 5) is 24.2. The molecule has 0 aromatic heterocycles. The van der Waals surface area contributed by atoms with Crippen molar-refractivity contribution in [1.29, 1.82) is 0 Å². The van der Waals surface area contributed by atoms with Gasteiger partial charge in [0.05, 0.1) is 0 Å². The summed E-state index contributed by atoms with van der Waals surface area (Å²) in [6, 6.07) is 5.87. The zero-order chi connectivity index (χ0) is 16.5. The Labute approximate surface area is 140 Å². The summed E-state index contributed by atoms with van der Waals surface area (Å²) in [5.41, 5.74) is 0.701. The van der Waals surface area contributed by atoms with E-state index >= 15 is 0 Å². The first-order valence-electron chi connectivity index (χ1n) is 6.38. The Morgan fingerprint density at radius 3 is 2.45 bits per heavy atom. The van der Waals surface area contributed by atoms with E-state index in [1.54, 1.807) is 24.3 Å². The summed E-state index contributed by atoms with van der Waals surface area (Å²) in [5, 5.41) is 7.83. The number of carbonyl (C=O) groups excluding carboxylic acids is 1. The van der Waals surface area contributed by atoms with Crippen molar-refractivity contribution in [3.8, 4) is 0 Å². The van der Waals surface area contributed by atoms with E-state index in [-0.39, 0.29) is 6.42 Å². The number of carboxylic acid groups (broad SMARTS) is 1. The summed E-state index contributed by atoms with van der Waals surface area (Å²) in [5.74, 6) is -1.91. The van der Waals surface area contributed by atoms with Crippen LogP contribution in [0.25, 0.3) is 0 Å². The molecule has 0 bridgehead atoms. The highest BCUT2D eigenvalue weighted by Crippen LogP contribution is 2.23. The maximum absolute atomic E-state index is 13.0. The van der Waals surface area contributed by atoms with Crippen molar-refractivity contribution in [3.63, 3.8) is 0 Å². The van der Waals surface area contributed by atoms with Crippen LogP contribution in [0, 0.1) is 3.57 Å². The molecule has 2 rings (SSSR count). The fourth-order valence-electron chi connectivity index (χ4n) is 2.36. The molecule has 0 spiro atoms. The van der Waals surface area contributed by atoms with E-state index in [0.29, 0.717) is 5.56 Å². The molecule has 0 aliphatic carbocycles. The quantitative estimate of drug-likeness (QED) is 0.548. The molecule has 22 heavy (non-hydrogen) atoms. The maximum atomic E-state index is 13.0. The van der Waals surface area contributed by atoms with Gasteiger partial charge in [0.1, 0.15) is 11.3 Å². The van der Waals surface area contributed by atoms with Gasteiger partial charge in [-0.2, -0.15) is 8.42 Å². The third-order valence-corrected chi connectivity index (χ3v) is 5.36. The number of likely N-dealkylation sites (tertiary alicyclic amines) is 1. The lowest BCUT2D eigenvalue weighted by Gasteiger charge is -2.24. The zero-order valence-electron chi connectivity index (χ0n) is 11.3. The fourth-order valence-corrected chi connectivity index (χ4v) is 3.40. The molecule has 9 heteroatoms. The number of aliphatic carboxylic acids is 1. The van der Waals surface area contributed by atoms with Crippen molar-refractivity contribution in [2.24, 2.45) is 0 Å². The Morgan fingerprint density at radius 1 is 1.41 bits per heavy atom. The van der Waals surface area contributed by atoms with E-state index in [0.717, 1.165) is 8.47 Å². The highest BCUT2D eigenvalue weighted by Gasteiger charge is 2.43. The number of halogens is 2. The molecule has 1 unspecified atom stereocenters. The molecular formula is C13H13FINO5S. The largest absolute Gasteiger partial charge is 0.480 e. The predicted octanol–water partition coefficient (Wildman–Crippen LogP) is 1.19. The summed E-state index contributed by atoms with van der Waals surface area (Å²) in [7, 11) is -4.86. The van der Waals surface area contributed by atoms with E-state index in [1.165, 1.54) is 0 Å². The van der Waals surface area contributed by atoms with E-state index in [2.05, 4.69) is 22.6 Å². The fraction of sp³-hybridized carbons (Fsp3) is 0.385. The maximum Gasteiger partial charge on any atom is 0.326 e. The van der Waals surface area contributed by atoms with Gasteiger partial charge in [0.2, 0.25) is 5.91 Å². The number of nitrogens with zero attached hydrogens (tertiary/aromatic N) is 1. The van der Waals surface area contributed by atoms with Crippen molar-refractivity contribution >= 4 is 44.7 Å². The minimum Gasteiger partial charge on any atom is -0.480 e. The predicted molar refractivity (Wildman–Crippen MR) is 84.4 cm³/mol. The molecule has 1 fully saturated rings. The standard InChI is InChI=1S/C13H13FINO5S/c14-22(20,21)10-6-12(17)16(7-10)11(13(18)19)5-8-1-3-9(15)4-2-8/h1-4,10-11H,5-7H2,(H,18,19)/t10?,11-/m0/s1. The Hall–Kier alpha value is -1.23. The Morgan fingerprint density at radius 2 is 2.00 bits per heavy atom. The van der Waals surface area contributed by atoms with Crippen LogP contribution in [0.2, 0.25) is 0 Å². The zero-order valence-corrected chi connectivity index (χ0v) is 14.3. The first kappa shape index (κ1) is 17.1. The monoisotopic (exact) mass is 441 g/mol. The highest BCUT2D eigenvalue weighted by atomic mass is 127. The Balaban J connectivity index is 2.20. The average Bonchev–Trinajstić information content (AvgIpc) is 2.79. The van der Waals surface area contributed by atoms with Crippen molar-refractivity contribution < 1.29 is 27.0 Å². The van der Waals surface area contributed by atoms with E-state index in [1.807, 2.05) is 0 Å². The van der Waals surface area contributed by atoms with Gasteiger partial charge in [-0.25, -0.2) is 4.79 Å². The van der Waals surface area contributed by atoms with Crippen LogP contribution in [0.1, 0.15) is 12.0 Å². The Kier molecular flexibility index (Phi) is 5.05. The van der Waals surface area contributed by atoms with Gasteiger partial charge in [-0.15, -0.1) is 3.89 Å². The van der Waals surface area contributed by atoms with E-state index in [9.17, 15) is 27.0 Å². The molecule has 120 valence electrons. The molecule has 1 aliphatic rings. The van der Waals surface area contributed by atoms with Crippen molar-refractivity contribution in [1.82, 2.24) is 4.90 Å². The highest BCUT2D eigenvalue weighted by molar-refractivity contribution is 14.1. The van der Waals surface area contributed by atoms with Gasteiger partial charge in [0.15, 0.2) is 0 Å². The molecule has 0 radical (unpaired) electrons. The molecule has 0 saturated carbocycles. The minimum atomic E-state index is -4.86. The number of rotatable bonds is 5. The first-order valence-corrected chi connectivity index (χ1v) is 8.91. The van der Waals surface area contributed by atoms with Gasteiger partial charge in [0.25, 0.3) is 0 Å². The second-order valence-electron chi connectivity index (χ2n) is 5.03. The number of carboxylic acids is 1. The lowest BCUT2D eigenvalue weighted by Crippen LogP contribution is -2.44. The van der Waals surface area contributed by atoms with Crippen molar-refractivity contribution in [2.45, 2.75) is 24.1 Å². The van der Waals surface area contributed by atoms with Gasteiger partial charge in [-0.1, -0.05) is 12.1 Å². The SMILES string of the molecule is O=C(O)[C@H](Cc1ccc(I)cc1)N1CC(S(=O)(=O)F)CC1=O. The van der Waals surface area contributed by atoms with Crippen LogP contribution in [0.5, 0.6) is 0 Å². The number of carbonyl (C=O) groups is 2.